The number of urea groups is 1. The molecule has 0 spiro atoms. The number of morpholine rings is 1. The van der Waals surface area contributed by atoms with Crippen LogP contribution in [-0.2, 0) is 4.74 Å². The monoisotopic (exact) mass is 469 g/mol. The summed E-state index contributed by atoms with van der Waals surface area (Å²) in [7, 11) is 0. The third-order valence-corrected chi connectivity index (χ3v) is 6.73. The Hall–Kier alpha value is -2.62. The number of benzene rings is 1. The quantitative estimate of drug-likeness (QED) is 0.632. The summed E-state index contributed by atoms with van der Waals surface area (Å²) in [6.45, 7) is 9.68. The fraction of sp³-hybridized carbons (Fsp3) is 0.458. The molecular weight excluding hydrogens is 438 g/mol. The van der Waals surface area contributed by atoms with Crippen molar-refractivity contribution < 1.29 is 14.3 Å². The number of pyridine rings is 1. The minimum absolute atomic E-state index is 0.103. The van der Waals surface area contributed by atoms with Gasteiger partial charge in [0.25, 0.3) is 5.91 Å². The second-order valence-electron chi connectivity index (χ2n) is 8.31. The molecule has 3 amide bonds. The minimum atomic E-state index is -0.189. The van der Waals surface area contributed by atoms with Crippen molar-refractivity contribution in [3.05, 3.63) is 47.2 Å². The number of hydrogen-bond donors (Lipinski definition) is 2. The van der Waals surface area contributed by atoms with Gasteiger partial charge in [-0.1, -0.05) is 0 Å². The van der Waals surface area contributed by atoms with E-state index in [9.17, 15) is 9.59 Å². The van der Waals surface area contributed by atoms with Gasteiger partial charge >= 0.3 is 6.03 Å². The van der Waals surface area contributed by atoms with Crippen molar-refractivity contribution in [3.8, 4) is 0 Å². The molecule has 1 aromatic carbocycles. The van der Waals surface area contributed by atoms with Gasteiger partial charge in [-0.2, -0.15) is 0 Å². The molecule has 9 heteroatoms. The standard InChI is InChI=1S/C24H31N5O3S/c1-17-16-18(2)26-23-21(17)29(12-15-33-23)24(31)27-20-6-4-19(5-7-20)22(30)25-8-3-9-28-10-13-32-14-11-28/h4-7,16H,3,8-15H2,1-2H3,(H,25,30)(H,27,31). The van der Waals surface area contributed by atoms with E-state index in [1.807, 2.05) is 19.9 Å². The molecule has 176 valence electrons. The molecule has 2 aliphatic rings. The average Bonchev–Trinajstić information content (AvgIpc) is 2.82. The molecule has 2 aliphatic heterocycles. The molecule has 4 rings (SSSR count). The van der Waals surface area contributed by atoms with E-state index in [4.69, 9.17) is 4.74 Å². The van der Waals surface area contributed by atoms with Gasteiger partial charge in [0.15, 0.2) is 0 Å². The van der Waals surface area contributed by atoms with Crippen LogP contribution < -0.4 is 15.5 Å². The largest absolute Gasteiger partial charge is 0.379 e. The van der Waals surface area contributed by atoms with Crippen molar-refractivity contribution in [1.82, 2.24) is 15.2 Å². The van der Waals surface area contributed by atoms with Crippen molar-refractivity contribution in [2.24, 2.45) is 0 Å². The lowest BCUT2D eigenvalue weighted by Gasteiger charge is -2.30. The number of fused-ring (bicyclic) bond motifs is 1. The number of nitrogens with zero attached hydrogens (tertiary/aromatic N) is 3. The van der Waals surface area contributed by atoms with Gasteiger partial charge in [-0.3, -0.25) is 14.6 Å². The molecule has 0 unspecified atom stereocenters. The lowest BCUT2D eigenvalue weighted by atomic mass is 10.2. The van der Waals surface area contributed by atoms with E-state index in [0.717, 1.165) is 67.0 Å². The van der Waals surface area contributed by atoms with Crippen molar-refractivity contribution in [2.75, 3.05) is 61.9 Å². The number of ether oxygens (including phenoxy) is 1. The van der Waals surface area contributed by atoms with Crippen molar-refractivity contribution >= 4 is 35.1 Å². The lowest BCUT2D eigenvalue weighted by Crippen LogP contribution is -2.39. The molecule has 0 saturated carbocycles. The smallest absolute Gasteiger partial charge is 0.326 e. The van der Waals surface area contributed by atoms with E-state index >= 15 is 0 Å². The summed E-state index contributed by atoms with van der Waals surface area (Å²) in [4.78, 5) is 34.1. The Bertz CT molecular complexity index is 992. The highest BCUT2D eigenvalue weighted by Gasteiger charge is 2.26. The van der Waals surface area contributed by atoms with Crippen LogP contribution in [0.4, 0.5) is 16.2 Å². The molecule has 0 atom stereocenters. The second kappa shape index (κ2) is 11.0. The van der Waals surface area contributed by atoms with Crippen LogP contribution in [0.5, 0.6) is 0 Å². The zero-order valence-corrected chi connectivity index (χ0v) is 20.0. The van der Waals surface area contributed by atoms with Crippen LogP contribution in [-0.4, -0.2) is 73.5 Å². The molecule has 8 nitrogen and oxygen atoms in total. The van der Waals surface area contributed by atoms with Crippen LogP contribution in [0.2, 0.25) is 0 Å². The van der Waals surface area contributed by atoms with Gasteiger partial charge in [0.05, 0.1) is 18.9 Å². The molecular formula is C24H31N5O3S. The summed E-state index contributed by atoms with van der Waals surface area (Å²) in [6.07, 6.45) is 0.906. The summed E-state index contributed by atoms with van der Waals surface area (Å²) in [6, 6.07) is 8.82. The van der Waals surface area contributed by atoms with Crippen LogP contribution in [0, 0.1) is 13.8 Å². The average molecular weight is 470 g/mol. The van der Waals surface area contributed by atoms with Crippen LogP contribution in [0.1, 0.15) is 28.0 Å². The topological polar surface area (TPSA) is 86.8 Å². The molecule has 2 N–H and O–H groups in total. The predicted octanol–water partition coefficient (Wildman–Crippen LogP) is 3.29. The van der Waals surface area contributed by atoms with E-state index in [-0.39, 0.29) is 11.9 Å². The highest BCUT2D eigenvalue weighted by atomic mass is 32.2. The van der Waals surface area contributed by atoms with Crippen LogP contribution >= 0.6 is 11.8 Å². The van der Waals surface area contributed by atoms with Gasteiger partial charge in [-0.05, 0) is 62.7 Å². The number of aryl methyl sites for hydroxylation is 2. The number of hydrogen-bond acceptors (Lipinski definition) is 6. The van der Waals surface area contributed by atoms with E-state index in [2.05, 4.69) is 20.5 Å². The molecule has 2 aromatic rings. The Labute approximate surface area is 199 Å². The number of nitrogens with one attached hydrogen (secondary N) is 2. The van der Waals surface area contributed by atoms with Crippen LogP contribution in [0.3, 0.4) is 0 Å². The van der Waals surface area contributed by atoms with E-state index in [1.54, 1.807) is 40.9 Å². The predicted molar refractivity (Wildman–Crippen MR) is 131 cm³/mol. The summed E-state index contributed by atoms with van der Waals surface area (Å²) < 4.78 is 5.35. The SMILES string of the molecule is Cc1cc(C)c2c(n1)SCCN2C(=O)Nc1ccc(C(=O)NCCCN2CCOCC2)cc1. The maximum Gasteiger partial charge on any atom is 0.326 e. The molecule has 0 bridgehead atoms. The number of carbonyl (C=O) groups excluding carboxylic acids is 2. The molecule has 0 radical (unpaired) electrons. The van der Waals surface area contributed by atoms with Crippen LogP contribution in [0.25, 0.3) is 0 Å². The Balaban J connectivity index is 1.29. The molecule has 0 aliphatic carbocycles. The van der Waals surface area contributed by atoms with E-state index in [0.29, 0.717) is 24.3 Å². The number of aromatic nitrogens is 1. The second-order valence-corrected chi connectivity index (χ2v) is 9.39. The fourth-order valence-electron chi connectivity index (χ4n) is 4.10. The maximum atomic E-state index is 13.0. The zero-order chi connectivity index (χ0) is 23.2. The first-order valence-corrected chi connectivity index (χ1v) is 12.4. The van der Waals surface area contributed by atoms with Gasteiger partial charge in [-0.25, -0.2) is 9.78 Å². The molecule has 3 heterocycles. The third kappa shape index (κ3) is 6.04. The Morgan fingerprint density at radius 2 is 1.88 bits per heavy atom. The Morgan fingerprint density at radius 1 is 1.12 bits per heavy atom. The summed E-state index contributed by atoms with van der Waals surface area (Å²) >= 11 is 1.68. The van der Waals surface area contributed by atoms with Crippen molar-refractivity contribution in [1.29, 1.82) is 0 Å². The normalized spacial score (nSPS) is 16.2. The first-order valence-electron chi connectivity index (χ1n) is 11.4. The van der Waals surface area contributed by atoms with Gasteiger partial charge in [0.2, 0.25) is 0 Å². The van der Waals surface area contributed by atoms with Gasteiger partial charge < -0.3 is 15.4 Å². The Morgan fingerprint density at radius 3 is 2.64 bits per heavy atom. The minimum Gasteiger partial charge on any atom is -0.379 e. The molecule has 1 saturated heterocycles. The highest BCUT2D eigenvalue weighted by Crippen LogP contribution is 2.36. The summed E-state index contributed by atoms with van der Waals surface area (Å²) in [5.41, 5.74) is 4.11. The summed E-state index contributed by atoms with van der Waals surface area (Å²) in [5.74, 6) is 0.704. The fourth-order valence-corrected chi connectivity index (χ4v) is 5.18. The van der Waals surface area contributed by atoms with E-state index < -0.39 is 0 Å². The molecule has 33 heavy (non-hydrogen) atoms. The molecule has 1 aromatic heterocycles. The van der Waals surface area contributed by atoms with Gasteiger partial charge in [0, 0.05) is 48.9 Å². The zero-order valence-electron chi connectivity index (χ0n) is 19.2. The first kappa shape index (κ1) is 23.5. The molecule has 1 fully saturated rings. The number of carbonyl (C=O) groups is 2. The van der Waals surface area contributed by atoms with Crippen molar-refractivity contribution in [2.45, 2.75) is 25.3 Å². The number of rotatable bonds is 6. The highest BCUT2D eigenvalue weighted by molar-refractivity contribution is 7.99. The number of amides is 3. The number of thioether (sulfide) groups is 1. The third-order valence-electron chi connectivity index (χ3n) is 5.79. The van der Waals surface area contributed by atoms with Gasteiger partial charge in [-0.15, -0.1) is 11.8 Å². The number of anilines is 2. The Kier molecular flexibility index (Phi) is 7.85. The maximum absolute atomic E-state index is 13.0. The van der Waals surface area contributed by atoms with Crippen LogP contribution in [0.15, 0.2) is 35.4 Å². The summed E-state index contributed by atoms with van der Waals surface area (Å²) in [5, 5.41) is 6.82. The lowest BCUT2D eigenvalue weighted by molar-refractivity contribution is 0.0374. The van der Waals surface area contributed by atoms with Crippen molar-refractivity contribution in [3.63, 3.8) is 0 Å². The first-order chi connectivity index (χ1) is 16.0. The van der Waals surface area contributed by atoms with E-state index in [1.165, 1.54) is 0 Å². The van der Waals surface area contributed by atoms with Gasteiger partial charge in [0.1, 0.15) is 5.03 Å².